The predicted octanol–water partition coefficient (Wildman–Crippen LogP) is 17.1. The van der Waals surface area contributed by atoms with Gasteiger partial charge in [0.1, 0.15) is 5.58 Å². The van der Waals surface area contributed by atoms with Gasteiger partial charge in [0.15, 0.2) is 0 Å². The molecule has 0 aliphatic carbocycles. The van der Waals surface area contributed by atoms with Crippen LogP contribution in [0.2, 0.25) is 0 Å². The van der Waals surface area contributed by atoms with Gasteiger partial charge in [0, 0.05) is 48.5 Å². The van der Waals surface area contributed by atoms with Gasteiger partial charge in [-0.25, -0.2) is 0 Å². The number of rotatable bonds is 6. The molecule has 5 nitrogen and oxygen atoms in total. The summed E-state index contributed by atoms with van der Waals surface area (Å²) >= 11 is 0. The average molecular weight is 1080 g/mol. The van der Waals surface area contributed by atoms with Gasteiger partial charge >= 0.3 is 0 Å². The van der Waals surface area contributed by atoms with Crippen LogP contribution in [0.4, 0.5) is 0 Å². The first kappa shape index (κ1) is 47.3. The molecular formula is C63H58IrN4O-2. The predicted molar refractivity (Wildman–Crippen MR) is 285 cm³/mol. The molecule has 347 valence electrons. The molecule has 0 aliphatic heterocycles. The van der Waals surface area contributed by atoms with Crippen LogP contribution >= 0.6 is 0 Å². The molecule has 0 bridgehead atoms. The van der Waals surface area contributed by atoms with E-state index < -0.39 is 0 Å². The monoisotopic (exact) mass is 1080 g/mol. The fourth-order valence-corrected chi connectivity index (χ4v) is 9.41. The Hall–Kier alpha value is -6.72. The molecule has 69 heavy (non-hydrogen) atoms. The molecule has 0 saturated heterocycles. The average Bonchev–Trinajstić information content (AvgIpc) is 3.91. The van der Waals surface area contributed by atoms with Crippen molar-refractivity contribution in [2.45, 2.75) is 91.9 Å². The molecule has 0 fully saturated rings. The van der Waals surface area contributed by atoms with Crippen LogP contribution in [0.25, 0.3) is 94.1 Å². The maximum atomic E-state index is 6.91. The fraction of sp³-hybridized carbons (Fsp3) is 0.222. The Morgan fingerprint density at radius 2 is 1.26 bits per heavy atom. The van der Waals surface area contributed by atoms with Crippen molar-refractivity contribution < 1.29 is 24.5 Å². The van der Waals surface area contributed by atoms with Gasteiger partial charge in [-0.3, -0.25) is 15.0 Å². The van der Waals surface area contributed by atoms with Gasteiger partial charge in [-0.05, 0) is 109 Å². The van der Waals surface area contributed by atoms with Crippen molar-refractivity contribution in [1.82, 2.24) is 19.5 Å². The van der Waals surface area contributed by atoms with E-state index in [4.69, 9.17) is 9.40 Å². The van der Waals surface area contributed by atoms with Gasteiger partial charge in [0.25, 0.3) is 0 Å². The Balaban J connectivity index is 0.000000296. The minimum Gasteiger partial charge on any atom is -0.501 e. The second kappa shape index (κ2) is 18.6. The molecular weight excluding hydrogens is 1020 g/mol. The van der Waals surface area contributed by atoms with E-state index in [-0.39, 0.29) is 42.8 Å². The van der Waals surface area contributed by atoms with E-state index in [1.807, 2.05) is 42.6 Å². The van der Waals surface area contributed by atoms with Crippen LogP contribution in [-0.2, 0) is 30.9 Å². The minimum atomic E-state index is 0. The summed E-state index contributed by atoms with van der Waals surface area (Å²) < 4.78 is 9.29. The number of nitrogens with zero attached hydrogens (tertiary/aromatic N) is 4. The molecule has 0 saturated carbocycles. The van der Waals surface area contributed by atoms with Crippen molar-refractivity contribution in [3.8, 4) is 39.6 Å². The van der Waals surface area contributed by atoms with Crippen molar-refractivity contribution in [3.05, 3.63) is 192 Å². The third-order valence-corrected chi connectivity index (χ3v) is 13.2. The number of furan rings is 1. The smallest absolute Gasteiger partial charge is 0.121 e. The molecule has 3 aromatic heterocycles. The van der Waals surface area contributed by atoms with Crippen LogP contribution in [-0.4, -0.2) is 19.5 Å². The van der Waals surface area contributed by atoms with E-state index in [9.17, 15) is 0 Å². The van der Waals surface area contributed by atoms with Crippen molar-refractivity contribution in [1.29, 1.82) is 0 Å². The van der Waals surface area contributed by atoms with Gasteiger partial charge in [-0.15, -0.1) is 54.1 Å². The Kier molecular flexibility index (Phi) is 12.8. The molecule has 11 rings (SSSR count). The Labute approximate surface area is 420 Å². The van der Waals surface area contributed by atoms with Crippen LogP contribution in [0.5, 0.6) is 0 Å². The van der Waals surface area contributed by atoms with Gasteiger partial charge < -0.3 is 8.98 Å². The topological polar surface area (TPSA) is 56.7 Å². The van der Waals surface area contributed by atoms with E-state index in [0.29, 0.717) is 0 Å². The summed E-state index contributed by atoms with van der Waals surface area (Å²) in [7, 11) is 0. The van der Waals surface area contributed by atoms with Crippen LogP contribution in [0.1, 0.15) is 103 Å². The van der Waals surface area contributed by atoms with Crippen molar-refractivity contribution in [2.24, 2.45) is 0 Å². The molecule has 0 atom stereocenters. The SMILES string of the molecule is CC(C)(C)c1ccnc(-c2[c-]cccc2)n1.CC(C)c1cc(-c2ccccc2)cc(C(C)C)c1-n1c(-c2[c-]ccc3c2oc2cc4c(ccc5cc(C(C)(C)C)ccc54)cc23)nc2ccccc21.[Ir]. The Morgan fingerprint density at radius 3 is 1.94 bits per heavy atom. The Bertz CT molecular complexity index is 3620. The van der Waals surface area contributed by atoms with Gasteiger partial charge in [0.2, 0.25) is 0 Å². The third-order valence-electron chi connectivity index (χ3n) is 13.2. The second-order valence-corrected chi connectivity index (χ2v) is 20.7. The van der Waals surface area contributed by atoms with Crippen molar-refractivity contribution in [2.75, 3.05) is 0 Å². The van der Waals surface area contributed by atoms with Gasteiger partial charge in [-0.1, -0.05) is 153 Å². The van der Waals surface area contributed by atoms with E-state index in [0.717, 1.165) is 61.4 Å². The zero-order valence-electron chi connectivity index (χ0n) is 41.2. The van der Waals surface area contributed by atoms with E-state index in [2.05, 4.69) is 211 Å². The summed E-state index contributed by atoms with van der Waals surface area (Å²) in [4.78, 5) is 14.2. The van der Waals surface area contributed by atoms with Gasteiger partial charge in [-0.2, -0.15) is 0 Å². The summed E-state index contributed by atoms with van der Waals surface area (Å²) in [5.74, 6) is 2.13. The molecule has 0 aliphatic rings. The number of aromatic nitrogens is 4. The first-order chi connectivity index (χ1) is 32.6. The molecule has 0 spiro atoms. The number of hydrogen-bond acceptors (Lipinski definition) is 4. The van der Waals surface area contributed by atoms with E-state index in [1.54, 1.807) is 0 Å². The van der Waals surface area contributed by atoms with Crippen molar-refractivity contribution >= 4 is 54.5 Å². The maximum Gasteiger partial charge on any atom is 0.121 e. The summed E-state index contributed by atoms with van der Waals surface area (Å²) in [5.41, 5.74) is 14.3. The quantitative estimate of drug-likeness (QED) is 0.123. The first-order valence-electron chi connectivity index (χ1n) is 23.9. The second-order valence-electron chi connectivity index (χ2n) is 20.7. The number of imidazole rings is 1. The van der Waals surface area contributed by atoms with Crippen LogP contribution in [0.15, 0.2) is 162 Å². The zero-order valence-corrected chi connectivity index (χ0v) is 43.6. The normalized spacial score (nSPS) is 12.1. The molecule has 8 aromatic carbocycles. The van der Waals surface area contributed by atoms with Gasteiger partial charge in [0.05, 0.1) is 28.3 Å². The summed E-state index contributed by atoms with van der Waals surface area (Å²) in [6, 6.07) is 60.5. The summed E-state index contributed by atoms with van der Waals surface area (Å²) in [5, 5.41) is 7.06. The van der Waals surface area contributed by atoms with E-state index in [1.165, 1.54) is 55.0 Å². The fourth-order valence-electron chi connectivity index (χ4n) is 9.41. The largest absolute Gasteiger partial charge is 0.501 e. The molecule has 0 N–H and O–H groups in total. The zero-order chi connectivity index (χ0) is 47.5. The number of hydrogen-bond donors (Lipinski definition) is 0. The maximum absolute atomic E-state index is 6.91. The first-order valence-corrected chi connectivity index (χ1v) is 23.9. The molecule has 0 amide bonds. The molecule has 6 heteroatoms. The molecule has 3 heterocycles. The molecule has 0 unspecified atom stereocenters. The molecule has 11 aromatic rings. The Morgan fingerprint density at radius 1 is 0.565 bits per heavy atom. The van der Waals surface area contributed by atoms with Crippen molar-refractivity contribution in [3.63, 3.8) is 0 Å². The number of benzene rings is 8. The third kappa shape index (κ3) is 9.05. The number of para-hydroxylation sites is 2. The minimum absolute atomic E-state index is 0. The summed E-state index contributed by atoms with van der Waals surface area (Å²) in [6.45, 7) is 22.4. The van der Waals surface area contributed by atoms with E-state index >= 15 is 0 Å². The molecule has 1 radical (unpaired) electrons. The van der Waals surface area contributed by atoms with Crippen LogP contribution < -0.4 is 0 Å². The standard InChI is InChI=1S/C49H43N2O.C14H15N2.Ir/c1-29(2)39-26-34(31-14-9-8-10-15-31)27-40(30(3)4)46(39)51-44-19-12-11-18-43(44)50-48(51)38-17-13-16-37-42-25-33-21-20-32-24-35(49(5,6)7)22-23-36(32)41(33)28-45(42)52-47(37)38;1-14(2,3)12-9-10-15-13(16-12)11-7-5-4-6-8-11;/h8-16,18-30H,1-7H3;4-7,9-10H,1-3H3;/q2*-1;. The van der Waals surface area contributed by atoms with Crippen LogP contribution in [0.3, 0.4) is 0 Å². The summed E-state index contributed by atoms with van der Waals surface area (Å²) in [6.07, 6.45) is 1.81. The number of fused-ring (bicyclic) bond motifs is 7. The van der Waals surface area contributed by atoms with Crippen LogP contribution in [0, 0.1) is 12.1 Å².